The minimum absolute atomic E-state index is 0.0450. The van der Waals surface area contributed by atoms with Crippen molar-refractivity contribution < 1.29 is 9.59 Å². The highest BCUT2D eigenvalue weighted by Crippen LogP contribution is 2.33. The molecular weight excluding hydrogens is 398 g/mol. The number of hydrogen-bond donors (Lipinski definition) is 4. The van der Waals surface area contributed by atoms with Crippen LogP contribution in [0.2, 0.25) is 0 Å². The molecule has 2 aromatic rings. The predicted molar refractivity (Wildman–Crippen MR) is 120 cm³/mol. The molecule has 5 unspecified atom stereocenters. The number of fused-ring (bicyclic) bond motifs is 2. The van der Waals surface area contributed by atoms with Crippen LogP contribution in [0.4, 0.5) is 4.79 Å². The standard InChI is InChI=1S/C22H31N5O2S/c1-3-13(2)19(21-23-14-8-4-5-9-15(14)24-21)26-18(28)11-7-6-10-17-20-16(12-30-17)25-22(29)27-20/h4-5,8-9,13,16-17,19-20H,3,6-7,10-12H2,1-2H3,(H,23,24)(H,26,28)(H2,25,27,29). The van der Waals surface area contributed by atoms with E-state index in [0.29, 0.717) is 17.6 Å². The maximum Gasteiger partial charge on any atom is 0.315 e. The van der Waals surface area contributed by atoms with Crippen molar-refractivity contribution in [3.8, 4) is 0 Å². The number of nitrogens with zero attached hydrogens (tertiary/aromatic N) is 1. The fourth-order valence-electron chi connectivity index (χ4n) is 4.36. The molecule has 8 heteroatoms. The van der Waals surface area contributed by atoms with Crippen molar-refractivity contribution in [1.29, 1.82) is 0 Å². The molecule has 3 amide bonds. The molecule has 0 spiro atoms. The van der Waals surface area contributed by atoms with Gasteiger partial charge in [0, 0.05) is 17.4 Å². The molecule has 1 aromatic heterocycles. The molecule has 0 aliphatic carbocycles. The summed E-state index contributed by atoms with van der Waals surface area (Å²) in [4.78, 5) is 32.2. The Morgan fingerprint density at radius 3 is 2.93 bits per heavy atom. The number of unbranched alkanes of at least 4 members (excludes halogenated alkanes) is 1. The van der Waals surface area contributed by atoms with Gasteiger partial charge in [-0.05, 0) is 30.9 Å². The number of aromatic amines is 1. The van der Waals surface area contributed by atoms with Gasteiger partial charge in [-0.25, -0.2) is 9.78 Å². The first-order valence-corrected chi connectivity index (χ1v) is 12.0. The van der Waals surface area contributed by atoms with Crippen LogP contribution in [0.1, 0.15) is 57.8 Å². The highest BCUT2D eigenvalue weighted by atomic mass is 32.2. The lowest BCUT2D eigenvalue weighted by Crippen LogP contribution is -2.36. The number of carbonyl (C=O) groups excluding carboxylic acids is 2. The summed E-state index contributed by atoms with van der Waals surface area (Å²) in [6.45, 7) is 4.28. The van der Waals surface area contributed by atoms with Crippen molar-refractivity contribution in [2.45, 2.75) is 69.3 Å². The van der Waals surface area contributed by atoms with E-state index in [9.17, 15) is 9.59 Å². The van der Waals surface area contributed by atoms with Crippen LogP contribution in [0.25, 0.3) is 11.0 Å². The quantitative estimate of drug-likeness (QED) is 0.362. The second-order valence-corrected chi connectivity index (χ2v) is 9.71. The fraction of sp³-hybridized carbons (Fsp3) is 0.591. The fourth-order valence-corrected chi connectivity index (χ4v) is 5.90. The van der Waals surface area contributed by atoms with Crippen LogP contribution in [0.15, 0.2) is 24.3 Å². The molecule has 162 valence electrons. The number of thioether (sulfide) groups is 1. The minimum atomic E-state index is -0.110. The smallest absolute Gasteiger partial charge is 0.315 e. The summed E-state index contributed by atoms with van der Waals surface area (Å²) in [6.07, 6.45) is 4.35. The van der Waals surface area contributed by atoms with Crippen molar-refractivity contribution >= 4 is 34.7 Å². The van der Waals surface area contributed by atoms with E-state index in [1.165, 1.54) is 0 Å². The van der Waals surface area contributed by atoms with Gasteiger partial charge in [-0.15, -0.1) is 0 Å². The van der Waals surface area contributed by atoms with Crippen LogP contribution in [0, 0.1) is 5.92 Å². The van der Waals surface area contributed by atoms with Gasteiger partial charge in [0.15, 0.2) is 0 Å². The molecule has 2 aliphatic rings. The Hall–Kier alpha value is -2.22. The van der Waals surface area contributed by atoms with Crippen molar-refractivity contribution in [2.75, 3.05) is 5.75 Å². The van der Waals surface area contributed by atoms with Crippen LogP contribution in [-0.2, 0) is 4.79 Å². The third-order valence-electron chi connectivity index (χ3n) is 6.31. The first-order chi connectivity index (χ1) is 14.5. The normalized spacial score (nSPS) is 24.9. The Balaban J connectivity index is 1.27. The Kier molecular flexibility index (Phi) is 6.51. The SMILES string of the molecule is CCC(C)C(NC(=O)CCCCC1SCC2NC(=O)NC21)c1nc2ccccc2[nH]1. The summed E-state index contributed by atoms with van der Waals surface area (Å²) in [5, 5.41) is 9.66. The summed E-state index contributed by atoms with van der Waals surface area (Å²) < 4.78 is 0. The number of urea groups is 1. The molecule has 7 nitrogen and oxygen atoms in total. The number of amides is 3. The summed E-state index contributed by atoms with van der Waals surface area (Å²) >= 11 is 1.92. The maximum absolute atomic E-state index is 12.7. The third kappa shape index (κ3) is 4.58. The number of imidazole rings is 1. The third-order valence-corrected chi connectivity index (χ3v) is 7.82. The molecule has 2 fully saturated rings. The van der Waals surface area contributed by atoms with Crippen LogP contribution < -0.4 is 16.0 Å². The Morgan fingerprint density at radius 1 is 1.30 bits per heavy atom. The summed E-state index contributed by atoms with van der Waals surface area (Å²) in [5.41, 5.74) is 1.92. The molecule has 2 aliphatic heterocycles. The predicted octanol–water partition coefficient (Wildman–Crippen LogP) is 3.49. The Bertz CT molecular complexity index is 868. The summed E-state index contributed by atoms with van der Waals surface area (Å²) in [6, 6.07) is 8.29. The van der Waals surface area contributed by atoms with Crippen molar-refractivity contribution in [2.24, 2.45) is 5.92 Å². The molecule has 3 heterocycles. The van der Waals surface area contributed by atoms with Crippen LogP contribution in [-0.4, -0.2) is 45.0 Å². The van der Waals surface area contributed by atoms with Gasteiger partial charge in [0.1, 0.15) is 5.82 Å². The largest absolute Gasteiger partial charge is 0.346 e. The molecule has 1 aromatic carbocycles. The van der Waals surface area contributed by atoms with Gasteiger partial charge < -0.3 is 20.9 Å². The van der Waals surface area contributed by atoms with Crippen LogP contribution >= 0.6 is 11.8 Å². The summed E-state index contributed by atoms with van der Waals surface area (Å²) in [7, 11) is 0. The van der Waals surface area contributed by atoms with E-state index >= 15 is 0 Å². The van der Waals surface area contributed by atoms with Gasteiger partial charge in [0.05, 0.1) is 29.2 Å². The van der Waals surface area contributed by atoms with Crippen LogP contribution in [0.5, 0.6) is 0 Å². The zero-order valence-corrected chi connectivity index (χ0v) is 18.4. The second kappa shape index (κ2) is 9.29. The first-order valence-electron chi connectivity index (χ1n) is 11.0. The average molecular weight is 430 g/mol. The molecule has 0 radical (unpaired) electrons. The van der Waals surface area contributed by atoms with Crippen LogP contribution in [0.3, 0.4) is 0 Å². The van der Waals surface area contributed by atoms with E-state index in [0.717, 1.165) is 48.3 Å². The molecule has 30 heavy (non-hydrogen) atoms. The zero-order valence-electron chi connectivity index (χ0n) is 17.6. The van der Waals surface area contributed by atoms with Crippen molar-refractivity contribution in [1.82, 2.24) is 25.9 Å². The molecule has 5 atom stereocenters. The summed E-state index contributed by atoms with van der Waals surface area (Å²) in [5.74, 6) is 2.17. The number of benzene rings is 1. The number of aromatic nitrogens is 2. The monoisotopic (exact) mass is 429 g/mol. The molecule has 4 rings (SSSR count). The number of para-hydroxylation sites is 2. The topological polar surface area (TPSA) is 98.9 Å². The van der Waals surface area contributed by atoms with E-state index in [2.05, 4.69) is 34.8 Å². The van der Waals surface area contributed by atoms with Gasteiger partial charge in [-0.1, -0.05) is 38.8 Å². The minimum Gasteiger partial charge on any atom is -0.346 e. The van der Waals surface area contributed by atoms with Gasteiger partial charge in [0.2, 0.25) is 5.91 Å². The number of nitrogens with one attached hydrogen (secondary N) is 4. The number of H-pyrrole nitrogens is 1. The lowest BCUT2D eigenvalue weighted by molar-refractivity contribution is -0.122. The van der Waals surface area contributed by atoms with E-state index in [-0.39, 0.29) is 30.1 Å². The van der Waals surface area contributed by atoms with Gasteiger partial charge >= 0.3 is 6.03 Å². The second-order valence-electron chi connectivity index (χ2n) is 8.44. The van der Waals surface area contributed by atoms with Gasteiger partial charge in [0.25, 0.3) is 0 Å². The molecule has 2 saturated heterocycles. The Labute approximate surface area is 181 Å². The van der Waals surface area contributed by atoms with Gasteiger partial charge in [-0.3, -0.25) is 4.79 Å². The lowest BCUT2D eigenvalue weighted by Gasteiger charge is -2.22. The van der Waals surface area contributed by atoms with Crippen molar-refractivity contribution in [3.63, 3.8) is 0 Å². The number of carbonyl (C=O) groups is 2. The average Bonchev–Trinajstić information content (AvgIpc) is 3.42. The van der Waals surface area contributed by atoms with E-state index in [4.69, 9.17) is 4.98 Å². The molecule has 4 N–H and O–H groups in total. The van der Waals surface area contributed by atoms with E-state index in [1.807, 2.05) is 36.0 Å². The number of rotatable bonds is 9. The maximum atomic E-state index is 12.7. The van der Waals surface area contributed by atoms with E-state index < -0.39 is 0 Å². The lowest BCUT2D eigenvalue weighted by atomic mass is 9.98. The Morgan fingerprint density at radius 2 is 2.13 bits per heavy atom. The highest BCUT2D eigenvalue weighted by molar-refractivity contribution is 8.00. The van der Waals surface area contributed by atoms with Crippen molar-refractivity contribution in [3.05, 3.63) is 30.1 Å². The van der Waals surface area contributed by atoms with E-state index in [1.54, 1.807) is 0 Å². The molecular formula is C22H31N5O2S. The first kappa shape index (κ1) is 21.0. The number of hydrogen-bond acceptors (Lipinski definition) is 4. The van der Waals surface area contributed by atoms with Gasteiger partial charge in [-0.2, -0.15) is 11.8 Å². The highest BCUT2D eigenvalue weighted by Gasteiger charge is 2.42. The molecule has 0 saturated carbocycles. The zero-order chi connectivity index (χ0) is 21.1. The molecule has 0 bridgehead atoms.